The van der Waals surface area contributed by atoms with Gasteiger partial charge in [-0.1, -0.05) is 6.07 Å². The molecule has 0 spiro atoms. The Labute approximate surface area is 107 Å². The van der Waals surface area contributed by atoms with E-state index in [0.717, 1.165) is 38.3 Å². The Morgan fingerprint density at radius 1 is 1.28 bits per heavy atom. The highest BCUT2D eigenvalue weighted by Gasteiger charge is 2.15. The molecule has 5 nitrogen and oxygen atoms in total. The molecule has 1 aliphatic heterocycles. The number of carbonyl (C=O) groups is 1. The van der Waals surface area contributed by atoms with Crippen LogP contribution in [0.5, 0.6) is 0 Å². The van der Waals surface area contributed by atoms with Gasteiger partial charge in [-0.25, -0.2) is 0 Å². The second-order valence-electron chi connectivity index (χ2n) is 4.87. The number of primary amides is 1. The third-order valence-corrected chi connectivity index (χ3v) is 3.39. The molecule has 1 aromatic rings. The van der Waals surface area contributed by atoms with E-state index in [9.17, 15) is 4.79 Å². The molecule has 0 unspecified atom stereocenters. The predicted octanol–water partition coefficient (Wildman–Crippen LogP) is 0.115. The van der Waals surface area contributed by atoms with E-state index in [1.54, 1.807) is 12.1 Å². The van der Waals surface area contributed by atoms with Crippen LogP contribution >= 0.6 is 0 Å². The number of rotatable bonds is 3. The van der Waals surface area contributed by atoms with Gasteiger partial charge < -0.3 is 16.4 Å². The lowest BCUT2D eigenvalue weighted by atomic mass is 10.1. The first-order valence-electron chi connectivity index (χ1n) is 6.15. The number of nitrogens with two attached hydrogens (primary N) is 2. The van der Waals surface area contributed by atoms with Gasteiger partial charge in [0.25, 0.3) is 5.91 Å². The molecule has 4 N–H and O–H groups in total. The lowest BCUT2D eigenvalue weighted by Crippen LogP contribution is -2.43. The molecule has 0 aliphatic carbocycles. The van der Waals surface area contributed by atoms with Gasteiger partial charge in [0.1, 0.15) is 0 Å². The summed E-state index contributed by atoms with van der Waals surface area (Å²) >= 11 is 0. The van der Waals surface area contributed by atoms with E-state index in [0.29, 0.717) is 11.3 Å². The van der Waals surface area contributed by atoms with Crippen LogP contribution in [0.2, 0.25) is 0 Å². The number of nitrogen functional groups attached to an aromatic ring is 1. The predicted molar refractivity (Wildman–Crippen MR) is 72.1 cm³/mol. The van der Waals surface area contributed by atoms with Crippen molar-refractivity contribution in [3.05, 3.63) is 29.3 Å². The van der Waals surface area contributed by atoms with Crippen LogP contribution in [0.4, 0.5) is 5.69 Å². The van der Waals surface area contributed by atoms with E-state index in [4.69, 9.17) is 11.5 Å². The van der Waals surface area contributed by atoms with Gasteiger partial charge in [-0.15, -0.1) is 0 Å². The molecule has 1 amide bonds. The Morgan fingerprint density at radius 2 is 1.94 bits per heavy atom. The molecule has 98 valence electrons. The molecule has 0 atom stereocenters. The van der Waals surface area contributed by atoms with Crippen LogP contribution in [0.25, 0.3) is 0 Å². The van der Waals surface area contributed by atoms with Crippen molar-refractivity contribution in [2.24, 2.45) is 5.73 Å². The zero-order chi connectivity index (χ0) is 13.1. The van der Waals surface area contributed by atoms with Crippen molar-refractivity contribution < 1.29 is 4.79 Å². The van der Waals surface area contributed by atoms with Crippen molar-refractivity contribution in [3.63, 3.8) is 0 Å². The zero-order valence-corrected chi connectivity index (χ0v) is 10.7. The van der Waals surface area contributed by atoms with E-state index in [1.807, 2.05) is 6.07 Å². The van der Waals surface area contributed by atoms with Crippen molar-refractivity contribution in [1.82, 2.24) is 9.80 Å². The first-order chi connectivity index (χ1) is 8.56. The molecule has 0 bridgehead atoms. The number of piperazine rings is 1. The minimum atomic E-state index is -0.465. The molecule has 1 fully saturated rings. The molecule has 0 radical (unpaired) electrons. The van der Waals surface area contributed by atoms with E-state index >= 15 is 0 Å². The maximum atomic E-state index is 11.2. The fourth-order valence-electron chi connectivity index (χ4n) is 2.18. The summed E-state index contributed by atoms with van der Waals surface area (Å²) in [4.78, 5) is 15.9. The molecular weight excluding hydrogens is 228 g/mol. The zero-order valence-electron chi connectivity index (χ0n) is 10.7. The van der Waals surface area contributed by atoms with Crippen LogP contribution in [0.3, 0.4) is 0 Å². The van der Waals surface area contributed by atoms with E-state index < -0.39 is 5.91 Å². The van der Waals surface area contributed by atoms with Gasteiger partial charge in [-0.3, -0.25) is 9.69 Å². The normalized spacial score (nSPS) is 17.8. The van der Waals surface area contributed by atoms with Crippen LogP contribution in [-0.2, 0) is 6.54 Å². The number of hydrogen-bond donors (Lipinski definition) is 2. The minimum Gasteiger partial charge on any atom is -0.398 e. The standard InChI is InChI=1S/C13H20N4O/c1-16-4-6-17(7-5-16)9-10-2-3-12(14)11(8-10)13(15)18/h2-3,8H,4-7,9,14H2,1H3,(H2,15,18). The number of hydrogen-bond acceptors (Lipinski definition) is 4. The average Bonchev–Trinajstić information content (AvgIpc) is 2.34. The lowest BCUT2D eigenvalue weighted by Gasteiger charge is -2.32. The van der Waals surface area contributed by atoms with E-state index in [2.05, 4.69) is 16.8 Å². The summed E-state index contributed by atoms with van der Waals surface area (Å²) in [5, 5.41) is 0. The second-order valence-corrected chi connectivity index (χ2v) is 4.87. The summed E-state index contributed by atoms with van der Waals surface area (Å²) < 4.78 is 0. The van der Waals surface area contributed by atoms with Crippen LogP contribution in [0.1, 0.15) is 15.9 Å². The molecular formula is C13H20N4O. The van der Waals surface area contributed by atoms with Gasteiger partial charge >= 0.3 is 0 Å². The summed E-state index contributed by atoms with van der Waals surface area (Å²) in [6.45, 7) is 5.10. The fourth-order valence-corrected chi connectivity index (χ4v) is 2.18. The second kappa shape index (κ2) is 5.37. The monoisotopic (exact) mass is 248 g/mol. The summed E-state index contributed by atoms with van der Waals surface area (Å²) in [7, 11) is 2.13. The van der Waals surface area contributed by atoms with Crippen LogP contribution in [0, 0.1) is 0 Å². The lowest BCUT2D eigenvalue weighted by molar-refractivity contribution is 0.100. The molecule has 0 aromatic heterocycles. The van der Waals surface area contributed by atoms with Gasteiger partial charge in [0, 0.05) is 38.4 Å². The van der Waals surface area contributed by atoms with Crippen molar-refractivity contribution in [1.29, 1.82) is 0 Å². The Kier molecular flexibility index (Phi) is 3.84. The summed E-state index contributed by atoms with van der Waals surface area (Å²) in [6, 6.07) is 5.52. The highest BCUT2D eigenvalue weighted by molar-refractivity contribution is 5.98. The number of benzene rings is 1. The molecule has 18 heavy (non-hydrogen) atoms. The maximum Gasteiger partial charge on any atom is 0.250 e. The third kappa shape index (κ3) is 3.00. The van der Waals surface area contributed by atoms with E-state index in [1.165, 1.54) is 0 Å². The average molecular weight is 248 g/mol. The highest BCUT2D eigenvalue weighted by atomic mass is 16.1. The Hall–Kier alpha value is -1.59. The van der Waals surface area contributed by atoms with Crippen molar-refractivity contribution >= 4 is 11.6 Å². The Morgan fingerprint density at radius 3 is 2.56 bits per heavy atom. The van der Waals surface area contributed by atoms with E-state index in [-0.39, 0.29) is 0 Å². The van der Waals surface area contributed by atoms with Crippen LogP contribution < -0.4 is 11.5 Å². The molecule has 1 heterocycles. The molecule has 0 saturated carbocycles. The van der Waals surface area contributed by atoms with Gasteiger partial charge in [0.05, 0.1) is 5.56 Å². The number of nitrogens with zero attached hydrogens (tertiary/aromatic N) is 2. The topological polar surface area (TPSA) is 75.6 Å². The molecule has 1 aromatic carbocycles. The van der Waals surface area contributed by atoms with Crippen LogP contribution in [0.15, 0.2) is 18.2 Å². The number of amides is 1. The summed E-state index contributed by atoms with van der Waals surface area (Å²) in [6.07, 6.45) is 0. The van der Waals surface area contributed by atoms with Crippen molar-refractivity contribution in [2.75, 3.05) is 39.0 Å². The quantitative estimate of drug-likeness (QED) is 0.745. The smallest absolute Gasteiger partial charge is 0.250 e. The van der Waals surface area contributed by atoms with Gasteiger partial charge in [0.2, 0.25) is 0 Å². The largest absolute Gasteiger partial charge is 0.398 e. The van der Waals surface area contributed by atoms with Gasteiger partial charge in [0.15, 0.2) is 0 Å². The summed E-state index contributed by atoms with van der Waals surface area (Å²) in [5.41, 5.74) is 13.0. The molecule has 1 saturated heterocycles. The molecule has 5 heteroatoms. The van der Waals surface area contributed by atoms with Gasteiger partial charge in [-0.2, -0.15) is 0 Å². The van der Waals surface area contributed by atoms with Gasteiger partial charge in [-0.05, 0) is 24.7 Å². The van der Waals surface area contributed by atoms with Crippen molar-refractivity contribution in [2.45, 2.75) is 6.54 Å². The Bertz CT molecular complexity index is 439. The molecule has 2 rings (SSSR count). The number of carbonyl (C=O) groups excluding carboxylic acids is 1. The first kappa shape index (κ1) is 12.9. The third-order valence-electron chi connectivity index (χ3n) is 3.39. The SMILES string of the molecule is CN1CCN(Cc2ccc(N)c(C(N)=O)c2)CC1. The fraction of sp³-hybridized carbons (Fsp3) is 0.462. The van der Waals surface area contributed by atoms with Crippen molar-refractivity contribution in [3.8, 4) is 0 Å². The number of anilines is 1. The number of likely N-dealkylation sites (N-methyl/N-ethyl adjacent to an activating group) is 1. The minimum absolute atomic E-state index is 0.418. The van der Waals surface area contributed by atoms with Crippen LogP contribution in [-0.4, -0.2) is 48.9 Å². The maximum absolute atomic E-state index is 11.2. The highest BCUT2D eigenvalue weighted by Crippen LogP contribution is 2.15. The first-order valence-corrected chi connectivity index (χ1v) is 6.15. The summed E-state index contributed by atoms with van der Waals surface area (Å²) in [5.74, 6) is -0.465. The Balaban J connectivity index is 2.05. The molecule has 1 aliphatic rings.